The first-order chi connectivity index (χ1) is 7.69. The van der Waals surface area contributed by atoms with Gasteiger partial charge in [0, 0.05) is 26.4 Å². The first-order valence-corrected chi connectivity index (χ1v) is 6.02. The fourth-order valence-electron chi connectivity index (χ4n) is 1.28. The van der Waals surface area contributed by atoms with Crippen LogP contribution in [0, 0.1) is 0 Å². The van der Waals surface area contributed by atoms with Crippen molar-refractivity contribution in [1.82, 2.24) is 4.98 Å². The van der Waals surface area contributed by atoms with Crippen LogP contribution in [0.5, 0.6) is 0 Å². The van der Waals surface area contributed by atoms with E-state index in [4.69, 9.17) is 16.3 Å². The summed E-state index contributed by atoms with van der Waals surface area (Å²) in [5, 5.41) is 0.612. The van der Waals surface area contributed by atoms with E-state index in [1.807, 2.05) is 12.1 Å². The van der Waals surface area contributed by atoms with Gasteiger partial charge in [-0.3, -0.25) is 0 Å². The average Bonchev–Trinajstić information content (AvgIpc) is 2.25. The summed E-state index contributed by atoms with van der Waals surface area (Å²) >= 11 is 9.29. The predicted octanol–water partition coefficient (Wildman–Crippen LogP) is 3.14. The van der Waals surface area contributed by atoms with E-state index in [1.54, 1.807) is 13.3 Å². The molecule has 1 aromatic heterocycles. The van der Waals surface area contributed by atoms with Gasteiger partial charge in [-0.25, -0.2) is 4.98 Å². The second kappa shape index (κ2) is 6.89. The second-order valence-electron chi connectivity index (χ2n) is 3.19. The van der Waals surface area contributed by atoms with E-state index in [-0.39, 0.29) is 0 Å². The molecule has 0 radical (unpaired) electrons. The Morgan fingerprint density at radius 3 is 3.00 bits per heavy atom. The zero-order valence-corrected chi connectivity index (χ0v) is 11.5. The Labute approximate surface area is 109 Å². The first kappa shape index (κ1) is 13.5. The lowest BCUT2D eigenvalue weighted by atomic mass is 10.4. The summed E-state index contributed by atoms with van der Waals surface area (Å²) in [7, 11) is 1.68. The van der Waals surface area contributed by atoms with Crippen molar-refractivity contribution < 1.29 is 4.74 Å². The van der Waals surface area contributed by atoms with Crippen LogP contribution in [0.1, 0.15) is 0 Å². The minimum Gasteiger partial charge on any atom is -0.383 e. The molecule has 0 aliphatic heterocycles. The lowest BCUT2D eigenvalue weighted by molar-refractivity contribution is 0.205. The number of methoxy groups -OCH3 is 1. The number of ether oxygens (including phenoxy) is 1. The van der Waals surface area contributed by atoms with E-state index in [0.717, 1.165) is 23.4 Å². The van der Waals surface area contributed by atoms with Crippen molar-refractivity contribution in [2.24, 2.45) is 0 Å². The molecule has 1 rings (SSSR count). The zero-order chi connectivity index (χ0) is 12.0. The van der Waals surface area contributed by atoms with Crippen LogP contribution in [-0.2, 0) is 4.74 Å². The van der Waals surface area contributed by atoms with Crippen LogP contribution in [0.2, 0.25) is 5.02 Å². The molecule has 0 N–H and O–H groups in total. The van der Waals surface area contributed by atoms with E-state index in [0.29, 0.717) is 11.6 Å². The van der Waals surface area contributed by atoms with Gasteiger partial charge in [-0.1, -0.05) is 17.7 Å². The van der Waals surface area contributed by atoms with Gasteiger partial charge in [-0.2, -0.15) is 0 Å². The molecule has 5 heteroatoms. The molecule has 1 aromatic rings. The molecule has 88 valence electrons. The smallest absolute Gasteiger partial charge is 0.143 e. The molecule has 3 nitrogen and oxygen atoms in total. The van der Waals surface area contributed by atoms with Crippen molar-refractivity contribution in [3.05, 3.63) is 34.4 Å². The quantitative estimate of drug-likeness (QED) is 0.755. The Bertz CT molecular complexity index is 360. The van der Waals surface area contributed by atoms with Crippen LogP contribution in [0.25, 0.3) is 0 Å². The van der Waals surface area contributed by atoms with E-state index in [9.17, 15) is 0 Å². The average molecular weight is 306 g/mol. The lowest BCUT2D eigenvalue weighted by Gasteiger charge is -2.22. The molecular formula is C11H14BrClN2O. The van der Waals surface area contributed by atoms with Gasteiger partial charge in [0.1, 0.15) is 5.82 Å². The maximum Gasteiger partial charge on any atom is 0.143 e. The summed E-state index contributed by atoms with van der Waals surface area (Å²) < 4.78 is 5.93. The second-order valence-corrected chi connectivity index (χ2v) is 4.48. The van der Waals surface area contributed by atoms with Crippen LogP contribution >= 0.6 is 27.5 Å². The normalized spacial score (nSPS) is 10.2. The van der Waals surface area contributed by atoms with Crippen LogP contribution in [0.3, 0.4) is 0 Å². The molecule has 1 heterocycles. The van der Waals surface area contributed by atoms with E-state index in [2.05, 4.69) is 32.4 Å². The van der Waals surface area contributed by atoms with Gasteiger partial charge in [-0.05, 0) is 22.0 Å². The molecule has 0 aromatic carbocycles. The molecule has 0 aliphatic carbocycles. The molecule has 0 bridgehead atoms. The van der Waals surface area contributed by atoms with Crippen LogP contribution in [-0.4, -0.2) is 31.8 Å². The maximum atomic E-state index is 5.85. The molecule has 0 aliphatic rings. The number of hydrogen-bond donors (Lipinski definition) is 0. The number of pyridine rings is 1. The Kier molecular flexibility index (Phi) is 5.80. The molecule has 0 saturated heterocycles. The summed E-state index contributed by atoms with van der Waals surface area (Å²) in [6.07, 6.45) is 3.46. The number of halogens is 2. The predicted molar refractivity (Wildman–Crippen MR) is 71.2 cm³/mol. The third-order valence-electron chi connectivity index (χ3n) is 2.00. The molecule has 0 spiro atoms. The molecule has 16 heavy (non-hydrogen) atoms. The molecule has 0 atom stereocenters. The van der Waals surface area contributed by atoms with Crippen molar-refractivity contribution >= 4 is 33.3 Å². The Balaban J connectivity index is 2.86. The largest absolute Gasteiger partial charge is 0.383 e. The fraction of sp³-hybridized carbons (Fsp3) is 0.364. The topological polar surface area (TPSA) is 25.4 Å². The van der Waals surface area contributed by atoms with E-state index in [1.165, 1.54) is 0 Å². The molecule has 0 fully saturated rings. The number of hydrogen-bond acceptors (Lipinski definition) is 3. The minimum atomic E-state index is 0.612. The highest BCUT2D eigenvalue weighted by atomic mass is 79.9. The van der Waals surface area contributed by atoms with Crippen LogP contribution < -0.4 is 4.90 Å². The third kappa shape index (κ3) is 3.77. The first-order valence-electron chi connectivity index (χ1n) is 4.85. The van der Waals surface area contributed by atoms with E-state index < -0.39 is 0 Å². The summed E-state index contributed by atoms with van der Waals surface area (Å²) in [6.45, 7) is 5.85. The van der Waals surface area contributed by atoms with Crippen LogP contribution in [0.4, 0.5) is 5.82 Å². The highest BCUT2D eigenvalue weighted by molar-refractivity contribution is 9.10. The van der Waals surface area contributed by atoms with Gasteiger partial charge in [0.15, 0.2) is 0 Å². The Hall–Kier alpha value is -0.580. The van der Waals surface area contributed by atoms with Gasteiger partial charge in [0.25, 0.3) is 0 Å². The van der Waals surface area contributed by atoms with Crippen molar-refractivity contribution in [2.45, 2.75) is 0 Å². The van der Waals surface area contributed by atoms with Gasteiger partial charge in [-0.15, -0.1) is 6.58 Å². The minimum absolute atomic E-state index is 0.612. The van der Waals surface area contributed by atoms with E-state index >= 15 is 0 Å². The standard InChI is InChI=1S/C11H14BrClN2O/c1-3-4-15(5-6-16-2)11-10(12)7-9(13)8-14-11/h3,7-8H,1,4-6H2,2H3. The summed E-state index contributed by atoms with van der Waals surface area (Å²) in [5.41, 5.74) is 0. The maximum absolute atomic E-state index is 5.85. The molecular weight excluding hydrogens is 291 g/mol. The van der Waals surface area contributed by atoms with Crippen molar-refractivity contribution in [3.8, 4) is 0 Å². The number of aromatic nitrogens is 1. The highest BCUT2D eigenvalue weighted by Gasteiger charge is 2.10. The van der Waals surface area contributed by atoms with Crippen molar-refractivity contribution in [2.75, 3.05) is 31.7 Å². The van der Waals surface area contributed by atoms with Crippen molar-refractivity contribution in [3.63, 3.8) is 0 Å². The zero-order valence-electron chi connectivity index (χ0n) is 9.12. The number of rotatable bonds is 6. The number of nitrogens with zero attached hydrogens (tertiary/aromatic N) is 2. The summed E-state index contributed by atoms with van der Waals surface area (Å²) in [5.74, 6) is 0.848. The summed E-state index contributed by atoms with van der Waals surface area (Å²) in [6, 6.07) is 1.83. The molecule has 0 unspecified atom stereocenters. The van der Waals surface area contributed by atoms with Crippen molar-refractivity contribution in [1.29, 1.82) is 0 Å². The van der Waals surface area contributed by atoms with Gasteiger partial charge < -0.3 is 9.64 Å². The lowest BCUT2D eigenvalue weighted by Crippen LogP contribution is -2.28. The van der Waals surface area contributed by atoms with Gasteiger partial charge >= 0.3 is 0 Å². The SMILES string of the molecule is C=CCN(CCOC)c1ncc(Cl)cc1Br. The monoisotopic (exact) mass is 304 g/mol. The number of anilines is 1. The molecule has 0 amide bonds. The third-order valence-corrected chi connectivity index (χ3v) is 2.79. The summed E-state index contributed by atoms with van der Waals surface area (Å²) in [4.78, 5) is 6.36. The van der Waals surface area contributed by atoms with Gasteiger partial charge in [0.2, 0.25) is 0 Å². The van der Waals surface area contributed by atoms with Gasteiger partial charge in [0.05, 0.1) is 16.1 Å². The highest BCUT2D eigenvalue weighted by Crippen LogP contribution is 2.26. The Morgan fingerprint density at radius 2 is 2.44 bits per heavy atom. The fourth-order valence-corrected chi connectivity index (χ4v) is 2.17. The Morgan fingerprint density at radius 1 is 1.69 bits per heavy atom. The molecule has 0 saturated carbocycles. The van der Waals surface area contributed by atoms with Crippen LogP contribution in [0.15, 0.2) is 29.4 Å².